The monoisotopic (exact) mass is 294 g/mol. The first-order valence-electron chi connectivity index (χ1n) is 6.70. The number of hydrogen-bond acceptors (Lipinski definition) is 5. The van der Waals surface area contributed by atoms with Gasteiger partial charge in [-0.25, -0.2) is 9.59 Å². The van der Waals surface area contributed by atoms with Gasteiger partial charge in [0.25, 0.3) is 0 Å². The fraction of sp³-hybridized carbons (Fsp3) is 0.500. The molecule has 0 aliphatic heterocycles. The zero-order valence-electron chi connectivity index (χ0n) is 13.4. The topological polar surface area (TPSA) is 61.8 Å². The maximum atomic E-state index is 11.8. The minimum absolute atomic E-state index is 0.302. The van der Waals surface area contributed by atoms with Crippen LogP contribution < -0.4 is 4.74 Å². The van der Waals surface area contributed by atoms with E-state index in [1.165, 1.54) is 24.3 Å². The first kappa shape index (κ1) is 17.0. The summed E-state index contributed by atoms with van der Waals surface area (Å²) in [7, 11) is 0. The Kier molecular flexibility index (Phi) is 4.99. The van der Waals surface area contributed by atoms with Crippen LogP contribution in [-0.4, -0.2) is 23.3 Å². The van der Waals surface area contributed by atoms with E-state index in [2.05, 4.69) is 0 Å². The number of hydrogen-bond donors (Lipinski definition) is 0. The molecule has 0 unspecified atom stereocenters. The number of ether oxygens (including phenoxy) is 3. The van der Waals surface area contributed by atoms with Gasteiger partial charge in [-0.05, 0) is 65.8 Å². The number of rotatable bonds is 2. The molecule has 21 heavy (non-hydrogen) atoms. The third-order valence-electron chi connectivity index (χ3n) is 2.08. The van der Waals surface area contributed by atoms with Gasteiger partial charge in [0.15, 0.2) is 0 Å². The van der Waals surface area contributed by atoms with Crippen LogP contribution in [0.2, 0.25) is 0 Å². The Balaban J connectivity index is 2.66. The zero-order chi connectivity index (χ0) is 16.3. The summed E-state index contributed by atoms with van der Waals surface area (Å²) in [6, 6.07) is 6.11. The molecule has 0 saturated heterocycles. The SMILES string of the molecule is CC(C)(C)OC(=O)Oc1ccc(C(=O)OC(C)(C)C)cc1. The number of benzene rings is 1. The molecule has 0 N–H and O–H groups in total. The summed E-state index contributed by atoms with van der Waals surface area (Å²) < 4.78 is 15.3. The molecule has 0 amide bonds. The smallest absolute Gasteiger partial charge is 0.456 e. The lowest BCUT2D eigenvalue weighted by molar-refractivity contribution is 0.00692. The van der Waals surface area contributed by atoms with Crippen molar-refractivity contribution in [2.45, 2.75) is 52.7 Å². The summed E-state index contributed by atoms with van der Waals surface area (Å²) in [6.45, 7) is 10.6. The third-order valence-corrected chi connectivity index (χ3v) is 2.08. The van der Waals surface area contributed by atoms with Crippen LogP contribution in [0.4, 0.5) is 4.79 Å². The van der Waals surface area contributed by atoms with Crippen molar-refractivity contribution in [3.63, 3.8) is 0 Å². The molecule has 0 aliphatic carbocycles. The second-order valence-electron chi connectivity index (χ2n) is 6.59. The van der Waals surface area contributed by atoms with Crippen LogP contribution in [0.3, 0.4) is 0 Å². The highest BCUT2D eigenvalue weighted by Crippen LogP contribution is 2.17. The van der Waals surface area contributed by atoms with Crippen LogP contribution in [0.1, 0.15) is 51.9 Å². The molecular formula is C16H22O5. The summed E-state index contributed by atoms with van der Waals surface area (Å²) in [5.41, 5.74) is -0.780. The molecule has 0 aliphatic rings. The highest BCUT2D eigenvalue weighted by Gasteiger charge is 2.19. The number of carbonyl (C=O) groups excluding carboxylic acids is 2. The minimum atomic E-state index is -0.785. The first-order valence-corrected chi connectivity index (χ1v) is 6.70. The normalized spacial score (nSPS) is 11.7. The van der Waals surface area contributed by atoms with Crippen molar-refractivity contribution in [1.29, 1.82) is 0 Å². The Morgan fingerprint density at radius 3 is 1.71 bits per heavy atom. The largest absolute Gasteiger partial charge is 0.514 e. The molecule has 116 valence electrons. The van der Waals surface area contributed by atoms with E-state index < -0.39 is 23.3 Å². The molecule has 0 spiro atoms. The number of esters is 1. The molecule has 0 heterocycles. The maximum absolute atomic E-state index is 11.8. The molecule has 0 radical (unpaired) electrons. The van der Waals surface area contributed by atoms with Gasteiger partial charge in [0.2, 0.25) is 0 Å². The molecule has 1 aromatic rings. The summed E-state index contributed by atoms with van der Waals surface area (Å²) in [5, 5.41) is 0. The zero-order valence-corrected chi connectivity index (χ0v) is 13.4. The molecule has 0 saturated carbocycles. The average Bonchev–Trinajstić information content (AvgIpc) is 2.24. The molecule has 5 nitrogen and oxygen atoms in total. The molecule has 1 aromatic carbocycles. The van der Waals surface area contributed by atoms with E-state index in [4.69, 9.17) is 14.2 Å². The van der Waals surface area contributed by atoms with Gasteiger partial charge in [0.05, 0.1) is 5.56 Å². The molecule has 1 rings (SSSR count). The van der Waals surface area contributed by atoms with E-state index in [9.17, 15) is 9.59 Å². The van der Waals surface area contributed by atoms with Crippen molar-refractivity contribution in [2.75, 3.05) is 0 Å². The molecule has 0 atom stereocenters. The third kappa shape index (κ3) is 6.79. The van der Waals surface area contributed by atoms with E-state index in [-0.39, 0.29) is 0 Å². The van der Waals surface area contributed by atoms with E-state index in [0.717, 1.165) is 0 Å². The molecule has 0 fully saturated rings. The molecule has 0 aromatic heterocycles. The van der Waals surface area contributed by atoms with E-state index >= 15 is 0 Å². The molecular weight excluding hydrogens is 272 g/mol. The second kappa shape index (κ2) is 6.16. The van der Waals surface area contributed by atoms with Crippen molar-refractivity contribution in [1.82, 2.24) is 0 Å². The van der Waals surface area contributed by atoms with Gasteiger partial charge in [-0.15, -0.1) is 0 Å². The van der Waals surface area contributed by atoms with Gasteiger partial charge >= 0.3 is 12.1 Å². The quantitative estimate of drug-likeness (QED) is 0.610. The van der Waals surface area contributed by atoms with Crippen molar-refractivity contribution >= 4 is 12.1 Å². The van der Waals surface area contributed by atoms with Gasteiger partial charge in [-0.2, -0.15) is 0 Å². The molecule has 0 bridgehead atoms. The Labute approximate surface area is 125 Å². The lowest BCUT2D eigenvalue weighted by atomic mass is 10.1. The van der Waals surface area contributed by atoms with Gasteiger partial charge < -0.3 is 14.2 Å². The second-order valence-corrected chi connectivity index (χ2v) is 6.59. The van der Waals surface area contributed by atoms with Crippen LogP contribution in [0.15, 0.2) is 24.3 Å². The first-order chi connectivity index (χ1) is 9.46. The minimum Gasteiger partial charge on any atom is -0.456 e. The van der Waals surface area contributed by atoms with Crippen LogP contribution in [0, 0.1) is 0 Å². The van der Waals surface area contributed by atoms with Gasteiger partial charge in [0.1, 0.15) is 17.0 Å². The fourth-order valence-corrected chi connectivity index (χ4v) is 1.36. The van der Waals surface area contributed by atoms with Gasteiger partial charge in [-0.1, -0.05) is 0 Å². The van der Waals surface area contributed by atoms with Gasteiger partial charge in [-0.3, -0.25) is 0 Å². The highest BCUT2D eigenvalue weighted by molar-refractivity contribution is 5.89. The fourth-order valence-electron chi connectivity index (χ4n) is 1.36. The molecule has 5 heteroatoms. The lowest BCUT2D eigenvalue weighted by Gasteiger charge is -2.19. The van der Waals surface area contributed by atoms with Gasteiger partial charge in [0, 0.05) is 0 Å². The van der Waals surface area contributed by atoms with Crippen LogP contribution in [-0.2, 0) is 9.47 Å². The summed E-state index contributed by atoms with van der Waals surface area (Å²) in [4.78, 5) is 23.3. The predicted octanol–water partition coefficient (Wildman–Crippen LogP) is 3.96. The number of carbonyl (C=O) groups is 2. The van der Waals surface area contributed by atoms with Crippen molar-refractivity contribution in [2.24, 2.45) is 0 Å². The standard InChI is InChI=1S/C16H22O5/c1-15(2,3)20-13(17)11-7-9-12(10-8-11)19-14(18)21-16(4,5)6/h7-10H,1-6H3. The van der Waals surface area contributed by atoms with Crippen molar-refractivity contribution < 1.29 is 23.8 Å². The van der Waals surface area contributed by atoms with Crippen LogP contribution in [0.5, 0.6) is 5.75 Å². The Morgan fingerprint density at radius 2 is 1.29 bits per heavy atom. The predicted molar refractivity (Wildman–Crippen MR) is 78.5 cm³/mol. The Morgan fingerprint density at radius 1 is 0.810 bits per heavy atom. The Bertz CT molecular complexity index is 503. The van der Waals surface area contributed by atoms with Crippen molar-refractivity contribution in [3.05, 3.63) is 29.8 Å². The van der Waals surface area contributed by atoms with Crippen LogP contribution >= 0.6 is 0 Å². The van der Waals surface area contributed by atoms with Crippen molar-refractivity contribution in [3.8, 4) is 5.75 Å². The summed E-state index contributed by atoms with van der Waals surface area (Å²) in [6.07, 6.45) is -0.785. The van der Waals surface area contributed by atoms with E-state index in [1.807, 2.05) is 0 Å². The summed E-state index contributed by atoms with van der Waals surface area (Å²) >= 11 is 0. The maximum Gasteiger partial charge on any atom is 0.514 e. The Hall–Kier alpha value is -2.04. The highest BCUT2D eigenvalue weighted by atomic mass is 16.7. The average molecular weight is 294 g/mol. The summed E-state index contributed by atoms with van der Waals surface area (Å²) in [5.74, 6) is -0.122. The van der Waals surface area contributed by atoms with Crippen LogP contribution in [0.25, 0.3) is 0 Å². The van der Waals surface area contributed by atoms with E-state index in [1.54, 1.807) is 41.5 Å². The van der Waals surface area contributed by atoms with E-state index in [0.29, 0.717) is 11.3 Å². The lowest BCUT2D eigenvalue weighted by Crippen LogP contribution is -2.26.